The average Bonchev–Trinajstić information content (AvgIpc) is 3.70. The van der Waals surface area contributed by atoms with Crippen LogP contribution in [0.5, 0.6) is 5.75 Å². The van der Waals surface area contributed by atoms with Crippen molar-refractivity contribution in [3.05, 3.63) is 71.2 Å². The predicted molar refractivity (Wildman–Crippen MR) is 142 cm³/mol. The number of benzene rings is 2. The molecule has 0 bridgehead atoms. The van der Waals surface area contributed by atoms with Crippen molar-refractivity contribution in [1.82, 2.24) is 0 Å². The maximum atomic E-state index is 14.2. The Kier molecular flexibility index (Phi) is 9.98. The van der Waals surface area contributed by atoms with Crippen LogP contribution in [0.4, 0.5) is 10.1 Å². The van der Waals surface area contributed by atoms with E-state index in [0.717, 1.165) is 24.2 Å². The number of rotatable bonds is 13. The molecule has 36 heavy (non-hydrogen) atoms. The predicted octanol–water partition coefficient (Wildman–Crippen LogP) is 4.78. The second kappa shape index (κ2) is 13.2. The molecule has 3 rings (SSSR count). The summed E-state index contributed by atoms with van der Waals surface area (Å²) in [6.07, 6.45) is 3.08. The normalized spacial score (nSPS) is 16.1. The van der Waals surface area contributed by atoms with Crippen LogP contribution in [0.2, 0.25) is 0 Å². The highest BCUT2D eigenvalue weighted by Crippen LogP contribution is 2.30. The molecule has 2 aromatic carbocycles. The Morgan fingerprint density at radius 1 is 1.31 bits per heavy atom. The summed E-state index contributed by atoms with van der Waals surface area (Å²) in [6.45, 7) is 2.72. The quantitative estimate of drug-likeness (QED) is 0.173. The Balaban J connectivity index is 1.78. The molecule has 192 valence electrons. The fourth-order valence-electron chi connectivity index (χ4n) is 3.42. The van der Waals surface area contributed by atoms with Gasteiger partial charge in [0.15, 0.2) is 0 Å². The summed E-state index contributed by atoms with van der Waals surface area (Å²) in [6, 6.07) is 11.6. The Hall–Kier alpha value is -3.27. The molecule has 0 spiro atoms. The van der Waals surface area contributed by atoms with E-state index in [1.165, 1.54) is 30.5 Å². The smallest absolute Gasteiger partial charge is 0.139 e. The van der Waals surface area contributed by atoms with Gasteiger partial charge in [-0.3, -0.25) is 10.4 Å². The van der Waals surface area contributed by atoms with Gasteiger partial charge in [0.1, 0.15) is 28.6 Å². The van der Waals surface area contributed by atoms with Crippen LogP contribution in [0.1, 0.15) is 37.0 Å². The molecule has 0 saturated heterocycles. The van der Waals surface area contributed by atoms with E-state index in [2.05, 4.69) is 15.4 Å². The molecule has 1 fully saturated rings. The minimum atomic E-state index is -1.34. The second-order valence-electron chi connectivity index (χ2n) is 8.50. The van der Waals surface area contributed by atoms with E-state index in [4.69, 9.17) is 32.3 Å². The first-order valence-electron chi connectivity index (χ1n) is 11.5. The molecule has 8 nitrogen and oxygen atoms in total. The Bertz CT molecular complexity index is 1130. The van der Waals surface area contributed by atoms with Crippen molar-refractivity contribution in [2.75, 3.05) is 19.0 Å². The number of nitrogens with zero attached hydrogens (tertiary/aromatic N) is 2. The number of nitrogens with one attached hydrogen (secondary N) is 2. The van der Waals surface area contributed by atoms with Gasteiger partial charge in [-0.15, -0.1) is 0 Å². The molecule has 2 atom stereocenters. The number of hydrogen-bond donors (Lipinski definition) is 4. The van der Waals surface area contributed by atoms with Gasteiger partial charge in [-0.2, -0.15) is 5.10 Å². The largest absolute Gasteiger partial charge is 0.497 e. The fraction of sp³-hybridized carbons (Fsp3) is 0.346. The number of aliphatic imine (C=N–C) groups is 1. The molecule has 1 aliphatic carbocycles. The molecule has 5 N–H and O–H groups in total. The fourth-order valence-corrected chi connectivity index (χ4v) is 3.54. The summed E-state index contributed by atoms with van der Waals surface area (Å²) in [5.74, 6) is 6.35. The number of ether oxygens (including phenoxy) is 2. The summed E-state index contributed by atoms with van der Waals surface area (Å²) in [4.78, 5) is 4.30. The number of halogens is 2. The first kappa shape index (κ1) is 27.3. The van der Waals surface area contributed by atoms with E-state index in [-0.39, 0.29) is 16.6 Å². The van der Waals surface area contributed by atoms with Crippen molar-refractivity contribution in [3.8, 4) is 5.75 Å². The van der Waals surface area contributed by atoms with Crippen molar-refractivity contribution in [3.63, 3.8) is 0 Å². The van der Waals surface area contributed by atoms with Gasteiger partial charge in [0, 0.05) is 24.0 Å². The van der Waals surface area contributed by atoms with Crippen LogP contribution in [0.15, 0.2) is 64.3 Å². The number of aliphatic hydroxyl groups is 1. The van der Waals surface area contributed by atoms with E-state index in [1.54, 1.807) is 14.0 Å². The zero-order chi connectivity index (χ0) is 26.1. The van der Waals surface area contributed by atoms with Crippen LogP contribution in [0.25, 0.3) is 0 Å². The van der Waals surface area contributed by atoms with E-state index in [0.29, 0.717) is 30.3 Å². The number of allylic oxidation sites excluding steroid dienone is 1. The molecule has 1 saturated carbocycles. The maximum Gasteiger partial charge on any atom is 0.139 e. The summed E-state index contributed by atoms with van der Waals surface area (Å²) in [7, 11) is 1.60. The molecular weight excluding hydrogens is 485 g/mol. The molecular formula is C26H31ClFN5O3. The van der Waals surface area contributed by atoms with Gasteiger partial charge in [0.25, 0.3) is 0 Å². The lowest BCUT2D eigenvalue weighted by Crippen LogP contribution is -2.30. The maximum absolute atomic E-state index is 14.2. The minimum absolute atomic E-state index is 0.0970. The van der Waals surface area contributed by atoms with E-state index in [9.17, 15) is 9.50 Å². The van der Waals surface area contributed by atoms with Crippen LogP contribution in [-0.4, -0.2) is 42.0 Å². The van der Waals surface area contributed by atoms with Crippen LogP contribution in [-0.2, 0) is 11.3 Å². The van der Waals surface area contributed by atoms with Crippen molar-refractivity contribution < 1.29 is 19.0 Å². The third kappa shape index (κ3) is 8.15. The molecule has 10 heteroatoms. The van der Waals surface area contributed by atoms with Crippen molar-refractivity contribution in [1.29, 1.82) is 5.41 Å². The zero-order valence-electron chi connectivity index (χ0n) is 20.2. The lowest BCUT2D eigenvalue weighted by atomic mass is 10.1. The van der Waals surface area contributed by atoms with Gasteiger partial charge in [0.2, 0.25) is 0 Å². The van der Waals surface area contributed by atoms with Crippen LogP contribution in [0.3, 0.4) is 0 Å². The standard InChI is InChI=1S/C26H31ClFN5O3/c1-16(36-15-18-5-8-20(35-2)9-6-18)21-11-19(28)7-10-22(21)32-23(12-25(27)29)26(34)24(33-30)14-31-13-17-3-4-17/h5-12,14,16-17,26,29,32,34H,3-4,13,15,30H2,1-2H3/b23-12-,29-25?,31-14?,33-24?/t16-,26?/m1/s1. The highest BCUT2D eigenvalue weighted by Gasteiger charge is 2.22. The first-order valence-corrected chi connectivity index (χ1v) is 11.9. The highest BCUT2D eigenvalue weighted by molar-refractivity contribution is 6.67. The third-order valence-corrected chi connectivity index (χ3v) is 5.79. The van der Waals surface area contributed by atoms with Gasteiger partial charge < -0.3 is 25.7 Å². The second-order valence-corrected chi connectivity index (χ2v) is 8.91. The number of hydrogen-bond acceptors (Lipinski definition) is 8. The van der Waals surface area contributed by atoms with Gasteiger partial charge in [-0.05, 0) is 67.7 Å². The molecule has 0 amide bonds. The lowest BCUT2D eigenvalue weighted by molar-refractivity contribution is 0.0528. The summed E-state index contributed by atoms with van der Waals surface area (Å²) in [5.41, 5.74) is 2.13. The van der Waals surface area contributed by atoms with E-state index >= 15 is 0 Å². The van der Waals surface area contributed by atoms with Gasteiger partial charge in [-0.25, -0.2) is 4.39 Å². The Morgan fingerprint density at radius 2 is 2.03 bits per heavy atom. The van der Waals surface area contributed by atoms with Crippen LogP contribution < -0.4 is 15.9 Å². The first-order chi connectivity index (χ1) is 17.3. The molecule has 0 aliphatic heterocycles. The monoisotopic (exact) mass is 515 g/mol. The summed E-state index contributed by atoms with van der Waals surface area (Å²) < 4.78 is 25.3. The Morgan fingerprint density at radius 3 is 2.64 bits per heavy atom. The van der Waals surface area contributed by atoms with Gasteiger partial charge in [0.05, 0.1) is 25.5 Å². The lowest BCUT2D eigenvalue weighted by Gasteiger charge is -2.22. The number of methoxy groups -OCH3 is 1. The molecule has 0 heterocycles. The van der Waals surface area contributed by atoms with Crippen molar-refractivity contribution in [2.45, 2.75) is 38.6 Å². The van der Waals surface area contributed by atoms with Crippen molar-refractivity contribution >= 4 is 34.4 Å². The number of anilines is 1. The number of aliphatic hydroxyl groups excluding tert-OH is 1. The number of hydrazone groups is 1. The van der Waals surface area contributed by atoms with Crippen molar-refractivity contribution in [2.24, 2.45) is 21.9 Å². The van der Waals surface area contributed by atoms with Gasteiger partial charge in [-0.1, -0.05) is 23.7 Å². The topological polar surface area (TPSA) is 125 Å². The van der Waals surface area contributed by atoms with Gasteiger partial charge >= 0.3 is 0 Å². The summed E-state index contributed by atoms with van der Waals surface area (Å²) >= 11 is 5.81. The SMILES string of the molecule is COc1ccc(CO[C@H](C)c2cc(F)ccc2N/C(=C\C(=N)Cl)C(O)C(C=NCC2CC2)=NN)cc1. The van der Waals surface area contributed by atoms with Crippen LogP contribution in [0, 0.1) is 17.1 Å². The molecule has 1 unspecified atom stereocenters. The third-order valence-electron chi connectivity index (χ3n) is 5.68. The van der Waals surface area contributed by atoms with Crippen LogP contribution >= 0.6 is 11.6 Å². The number of nitrogens with two attached hydrogens (primary N) is 1. The molecule has 2 aromatic rings. The zero-order valence-corrected chi connectivity index (χ0v) is 21.0. The minimum Gasteiger partial charge on any atom is -0.497 e. The average molecular weight is 516 g/mol. The molecule has 1 aliphatic rings. The van der Waals surface area contributed by atoms with E-state index in [1.807, 2.05) is 24.3 Å². The molecule has 0 aromatic heterocycles. The molecule has 0 radical (unpaired) electrons. The van der Waals surface area contributed by atoms with E-state index < -0.39 is 18.0 Å². The summed E-state index contributed by atoms with van der Waals surface area (Å²) in [5, 5.41) is 25.0. The Labute approximate surface area is 215 Å². The highest BCUT2D eigenvalue weighted by atomic mass is 35.5.